The van der Waals surface area contributed by atoms with E-state index in [4.69, 9.17) is 11.6 Å². The molecule has 4 heteroatoms. The minimum atomic E-state index is -0.149. The molecule has 0 aliphatic carbocycles. The van der Waals surface area contributed by atoms with Crippen molar-refractivity contribution in [2.24, 2.45) is 0 Å². The zero-order valence-electron chi connectivity index (χ0n) is 12.5. The summed E-state index contributed by atoms with van der Waals surface area (Å²) in [5.74, 6) is 0.867. The number of pyridine rings is 1. The van der Waals surface area contributed by atoms with Crippen molar-refractivity contribution in [3.8, 4) is 0 Å². The van der Waals surface area contributed by atoms with Crippen LogP contribution in [0.5, 0.6) is 0 Å². The van der Waals surface area contributed by atoms with Gasteiger partial charge in [-0.15, -0.1) is 11.6 Å². The fraction of sp³-hybridized carbons (Fsp3) is 0.294. The monoisotopic (exact) mass is 299 g/mol. The molecule has 0 aliphatic heterocycles. The number of hydrogen-bond acceptors (Lipinski definition) is 2. The first-order chi connectivity index (χ1) is 10.0. The zero-order valence-corrected chi connectivity index (χ0v) is 13.2. The van der Waals surface area contributed by atoms with Crippen LogP contribution in [0.15, 0.2) is 36.4 Å². The minimum absolute atomic E-state index is 0.149. The minimum Gasteiger partial charge on any atom is -0.307 e. The lowest BCUT2D eigenvalue weighted by Gasteiger charge is -2.10. The molecule has 0 spiro atoms. The molecule has 3 aromatic rings. The highest BCUT2D eigenvalue weighted by molar-refractivity contribution is 6.20. The fourth-order valence-corrected chi connectivity index (χ4v) is 2.73. The molecule has 1 atom stereocenters. The highest BCUT2D eigenvalue weighted by atomic mass is 35.5. The lowest BCUT2D eigenvalue weighted by Crippen LogP contribution is -2.07. The number of aryl methyl sites for hydroxylation is 2. The van der Waals surface area contributed by atoms with Crippen molar-refractivity contribution in [1.82, 2.24) is 14.5 Å². The van der Waals surface area contributed by atoms with E-state index in [9.17, 15) is 0 Å². The third-order valence-corrected chi connectivity index (χ3v) is 3.74. The Bertz CT molecular complexity index is 790. The SMILES string of the molecule is Cc1cccc(Cn2c(C(C)Cl)nc3ccc(C)nc32)c1. The van der Waals surface area contributed by atoms with Crippen molar-refractivity contribution in [1.29, 1.82) is 0 Å². The molecule has 3 rings (SSSR count). The van der Waals surface area contributed by atoms with E-state index in [1.807, 2.05) is 26.0 Å². The van der Waals surface area contributed by atoms with Gasteiger partial charge in [0.15, 0.2) is 5.65 Å². The number of benzene rings is 1. The smallest absolute Gasteiger partial charge is 0.160 e. The molecule has 2 heterocycles. The Hall–Kier alpha value is -1.87. The Balaban J connectivity index is 2.14. The van der Waals surface area contributed by atoms with Crippen molar-refractivity contribution in [3.05, 3.63) is 59.0 Å². The number of hydrogen-bond donors (Lipinski definition) is 0. The standard InChI is InChI=1S/C17H18ClN3/c1-11-5-4-6-14(9-11)10-21-16(13(3)18)20-15-8-7-12(2)19-17(15)21/h4-9,13H,10H2,1-3H3. The van der Waals surface area contributed by atoms with Gasteiger partial charge in [0.2, 0.25) is 0 Å². The van der Waals surface area contributed by atoms with Crippen LogP contribution in [-0.2, 0) is 6.54 Å². The van der Waals surface area contributed by atoms with Gasteiger partial charge < -0.3 is 4.57 Å². The number of alkyl halides is 1. The van der Waals surface area contributed by atoms with Gasteiger partial charge in [-0.05, 0) is 38.5 Å². The van der Waals surface area contributed by atoms with Crippen molar-refractivity contribution in [2.45, 2.75) is 32.7 Å². The summed E-state index contributed by atoms with van der Waals surface area (Å²) in [6.45, 7) is 6.78. The summed E-state index contributed by atoms with van der Waals surface area (Å²) in [6, 6.07) is 12.5. The maximum Gasteiger partial charge on any atom is 0.160 e. The molecule has 3 nitrogen and oxygen atoms in total. The second kappa shape index (κ2) is 5.49. The van der Waals surface area contributed by atoms with Gasteiger partial charge in [-0.3, -0.25) is 0 Å². The number of nitrogens with zero attached hydrogens (tertiary/aromatic N) is 3. The first kappa shape index (κ1) is 14.1. The van der Waals surface area contributed by atoms with E-state index in [-0.39, 0.29) is 5.38 Å². The maximum absolute atomic E-state index is 6.31. The van der Waals surface area contributed by atoms with Crippen LogP contribution >= 0.6 is 11.6 Å². The van der Waals surface area contributed by atoms with Crippen LogP contribution in [-0.4, -0.2) is 14.5 Å². The van der Waals surface area contributed by atoms with Crippen molar-refractivity contribution in [3.63, 3.8) is 0 Å². The molecular weight excluding hydrogens is 282 g/mol. The molecule has 2 aromatic heterocycles. The van der Waals surface area contributed by atoms with Gasteiger partial charge in [0.05, 0.1) is 11.9 Å². The second-order valence-corrected chi connectivity index (χ2v) is 6.11. The van der Waals surface area contributed by atoms with Crippen LogP contribution in [0.2, 0.25) is 0 Å². The number of aromatic nitrogens is 3. The molecule has 108 valence electrons. The molecule has 0 saturated heterocycles. The molecule has 0 radical (unpaired) electrons. The van der Waals surface area contributed by atoms with Crippen molar-refractivity contribution < 1.29 is 0 Å². The predicted octanol–water partition coefficient (Wildman–Crippen LogP) is 4.40. The highest BCUT2D eigenvalue weighted by Gasteiger charge is 2.16. The van der Waals surface area contributed by atoms with E-state index in [0.29, 0.717) is 0 Å². The zero-order chi connectivity index (χ0) is 15.0. The third-order valence-electron chi connectivity index (χ3n) is 3.54. The van der Waals surface area contributed by atoms with E-state index in [1.165, 1.54) is 11.1 Å². The van der Waals surface area contributed by atoms with Crippen LogP contribution in [0.3, 0.4) is 0 Å². The molecule has 0 saturated carbocycles. The van der Waals surface area contributed by atoms with Crippen LogP contribution in [0.25, 0.3) is 11.2 Å². The first-order valence-corrected chi connectivity index (χ1v) is 7.51. The first-order valence-electron chi connectivity index (χ1n) is 7.08. The van der Waals surface area contributed by atoms with Gasteiger partial charge in [0.25, 0.3) is 0 Å². The van der Waals surface area contributed by atoms with E-state index >= 15 is 0 Å². The number of rotatable bonds is 3. The van der Waals surface area contributed by atoms with Gasteiger partial charge in [-0.1, -0.05) is 29.8 Å². The Morgan fingerprint density at radius 1 is 1.14 bits per heavy atom. The van der Waals surface area contributed by atoms with Gasteiger partial charge in [-0.25, -0.2) is 9.97 Å². The Morgan fingerprint density at radius 3 is 2.67 bits per heavy atom. The van der Waals surface area contributed by atoms with Gasteiger partial charge in [0.1, 0.15) is 11.3 Å². The summed E-state index contributed by atoms with van der Waals surface area (Å²) in [4.78, 5) is 9.28. The molecule has 0 amide bonds. The molecule has 0 N–H and O–H groups in total. The quantitative estimate of drug-likeness (QED) is 0.671. The largest absolute Gasteiger partial charge is 0.307 e. The summed E-state index contributed by atoms with van der Waals surface area (Å²) in [5, 5.41) is -0.149. The molecule has 0 aliphatic rings. The number of halogens is 1. The summed E-state index contributed by atoms with van der Waals surface area (Å²) >= 11 is 6.31. The lowest BCUT2D eigenvalue weighted by atomic mass is 10.1. The molecule has 0 bridgehead atoms. The summed E-state index contributed by atoms with van der Waals surface area (Å²) in [6.07, 6.45) is 0. The molecule has 1 aromatic carbocycles. The Morgan fingerprint density at radius 2 is 1.95 bits per heavy atom. The fourth-order valence-electron chi connectivity index (χ4n) is 2.57. The summed E-state index contributed by atoms with van der Waals surface area (Å²) in [5.41, 5.74) is 5.27. The average Bonchev–Trinajstić information content (AvgIpc) is 2.77. The Kier molecular flexibility index (Phi) is 3.68. The van der Waals surface area contributed by atoms with E-state index in [2.05, 4.69) is 45.7 Å². The molecule has 1 unspecified atom stereocenters. The molecule has 0 fully saturated rings. The van der Waals surface area contributed by atoms with Crippen molar-refractivity contribution in [2.75, 3.05) is 0 Å². The second-order valence-electron chi connectivity index (χ2n) is 5.46. The maximum atomic E-state index is 6.31. The van der Waals surface area contributed by atoms with E-state index < -0.39 is 0 Å². The third kappa shape index (κ3) is 2.79. The van der Waals surface area contributed by atoms with Crippen LogP contribution in [0.1, 0.15) is 34.9 Å². The molecular formula is C17H18ClN3. The van der Waals surface area contributed by atoms with Crippen LogP contribution < -0.4 is 0 Å². The normalized spacial score (nSPS) is 12.8. The molecule has 21 heavy (non-hydrogen) atoms. The van der Waals surface area contributed by atoms with Gasteiger partial charge >= 0.3 is 0 Å². The number of imidazole rings is 1. The average molecular weight is 300 g/mol. The Labute approximate surface area is 129 Å². The summed E-state index contributed by atoms with van der Waals surface area (Å²) in [7, 11) is 0. The van der Waals surface area contributed by atoms with Gasteiger partial charge in [0, 0.05) is 5.69 Å². The van der Waals surface area contributed by atoms with Crippen molar-refractivity contribution >= 4 is 22.8 Å². The van der Waals surface area contributed by atoms with E-state index in [0.717, 1.165) is 29.2 Å². The highest BCUT2D eigenvalue weighted by Crippen LogP contribution is 2.25. The van der Waals surface area contributed by atoms with E-state index in [1.54, 1.807) is 0 Å². The van der Waals surface area contributed by atoms with Gasteiger partial charge in [-0.2, -0.15) is 0 Å². The predicted molar refractivity (Wildman–Crippen MR) is 86.8 cm³/mol. The summed E-state index contributed by atoms with van der Waals surface area (Å²) < 4.78 is 2.12. The topological polar surface area (TPSA) is 30.7 Å². The number of fused-ring (bicyclic) bond motifs is 1. The lowest BCUT2D eigenvalue weighted by molar-refractivity contribution is 0.735. The van der Waals surface area contributed by atoms with Crippen LogP contribution in [0.4, 0.5) is 0 Å². The van der Waals surface area contributed by atoms with Crippen LogP contribution in [0, 0.1) is 13.8 Å².